The Morgan fingerprint density at radius 3 is 2.36 bits per heavy atom. The summed E-state index contributed by atoms with van der Waals surface area (Å²) in [5.74, 6) is -2.84. The number of hydrogen-bond acceptors (Lipinski definition) is 5. The van der Waals surface area contributed by atoms with Gasteiger partial charge in [0.05, 0.1) is 22.1 Å². The van der Waals surface area contributed by atoms with Crippen molar-refractivity contribution < 1.29 is 32.8 Å². The minimum absolute atomic E-state index is 0.0653. The van der Waals surface area contributed by atoms with Gasteiger partial charge in [0, 0.05) is 17.8 Å². The normalized spacial score (nSPS) is 16.1. The molecule has 3 aromatic rings. The number of aliphatic hydroxyl groups is 1. The second-order valence-electron chi connectivity index (χ2n) is 7.85. The highest BCUT2D eigenvalue weighted by Gasteiger charge is 2.44. The van der Waals surface area contributed by atoms with E-state index in [1.54, 1.807) is 30.3 Å². The lowest BCUT2D eigenvalue weighted by atomic mass is 9.94. The molecule has 1 heterocycles. The second kappa shape index (κ2) is 9.49. The fraction of sp³-hybridized carbons (Fsp3) is 0.0769. The van der Waals surface area contributed by atoms with Gasteiger partial charge in [-0.05, 0) is 35.4 Å². The summed E-state index contributed by atoms with van der Waals surface area (Å²) in [5, 5.41) is 22.0. The molecule has 1 amide bonds. The van der Waals surface area contributed by atoms with Gasteiger partial charge in [-0.25, -0.2) is 0 Å². The number of alkyl halides is 3. The second-order valence-corrected chi connectivity index (χ2v) is 7.85. The van der Waals surface area contributed by atoms with Crippen LogP contribution in [-0.4, -0.2) is 21.7 Å². The molecule has 0 fully saturated rings. The van der Waals surface area contributed by atoms with Crippen LogP contribution in [0.15, 0.2) is 96.3 Å². The number of nitro benzene ring substituents is 1. The molecule has 3 aromatic carbocycles. The van der Waals surface area contributed by atoms with Gasteiger partial charge in [0.1, 0.15) is 0 Å². The molecule has 0 saturated carbocycles. The highest BCUT2D eigenvalue weighted by molar-refractivity contribution is 6.19. The lowest BCUT2D eigenvalue weighted by Gasteiger charge is -2.27. The molecule has 1 N–H and O–H groups in total. The number of nitro groups is 1. The molecule has 0 bridgehead atoms. The van der Waals surface area contributed by atoms with Gasteiger partial charge in [0.15, 0.2) is 11.5 Å². The van der Waals surface area contributed by atoms with Crippen LogP contribution in [0.5, 0.6) is 0 Å². The number of anilines is 1. The molecule has 0 spiro atoms. The van der Waals surface area contributed by atoms with Crippen molar-refractivity contribution >= 4 is 29.1 Å². The Morgan fingerprint density at radius 2 is 1.69 bits per heavy atom. The van der Waals surface area contributed by atoms with Crippen molar-refractivity contribution in [3.05, 3.63) is 123 Å². The molecule has 0 unspecified atom stereocenters. The van der Waals surface area contributed by atoms with Gasteiger partial charge >= 0.3 is 6.18 Å². The molecule has 0 aliphatic carbocycles. The molecule has 1 atom stereocenters. The van der Waals surface area contributed by atoms with Crippen LogP contribution in [-0.2, 0) is 15.8 Å². The maximum Gasteiger partial charge on any atom is 0.416 e. The molecule has 1 aliphatic heterocycles. The number of benzene rings is 3. The molecule has 182 valence electrons. The topological polar surface area (TPSA) is 101 Å². The molecular weight excluding hydrogens is 477 g/mol. The van der Waals surface area contributed by atoms with E-state index in [0.29, 0.717) is 11.6 Å². The van der Waals surface area contributed by atoms with E-state index < -0.39 is 45.7 Å². The number of allylic oxidation sites excluding steroid dienone is 1. The van der Waals surface area contributed by atoms with Crippen molar-refractivity contribution in [2.24, 2.45) is 0 Å². The molecule has 0 radical (unpaired) electrons. The fourth-order valence-corrected chi connectivity index (χ4v) is 3.91. The third-order valence-electron chi connectivity index (χ3n) is 5.55. The lowest BCUT2D eigenvalue weighted by molar-refractivity contribution is -0.384. The summed E-state index contributed by atoms with van der Waals surface area (Å²) in [5.41, 5.74) is -1.35. The summed E-state index contributed by atoms with van der Waals surface area (Å²) in [7, 11) is 0. The molecule has 10 heteroatoms. The minimum atomic E-state index is -4.72. The number of hydrogen-bond donors (Lipinski definition) is 1. The first kappa shape index (κ1) is 24.4. The van der Waals surface area contributed by atoms with Crippen molar-refractivity contribution in [2.75, 3.05) is 4.90 Å². The number of carbonyl (C=O) groups excluding carboxylic acids is 2. The fourth-order valence-electron chi connectivity index (χ4n) is 3.91. The van der Waals surface area contributed by atoms with E-state index in [1.807, 2.05) is 0 Å². The Balaban J connectivity index is 1.85. The number of rotatable bonds is 6. The lowest BCUT2D eigenvalue weighted by Crippen LogP contribution is -2.31. The predicted molar refractivity (Wildman–Crippen MR) is 125 cm³/mol. The Bertz CT molecular complexity index is 1410. The van der Waals surface area contributed by atoms with Gasteiger partial charge in [0.2, 0.25) is 0 Å². The quantitative estimate of drug-likeness (QED) is 0.265. The van der Waals surface area contributed by atoms with Crippen LogP contribution in [0.1, 0.15) is 22.7 Å². The van der Waals surface area contributed by atoms with E-state index in [0.717, 1.165) is 29.2 Å². The summed E-state index contributed by atoms with van der Waals surface area (Å²) in [6, 6.07) is 16.1. The number of aliphatic hydroxyl groups excluding tert-OH is 1. The maximum absolute atomic E-state index is 13.4. The summed E-state index contributed by atoms with van der Waals surface area (Å²) in [6.07, 6.45) is -2.15. The van der Waals surface area contributed by atoms with E-state index >= 15 is 0 Å². The zero-order chi connectivity index (χ0) is 26.0. The Labute approximate surface area is 202 Å². The molecule has 0 aromatic heterocycles. The van der Waals surface area contributed by atoms with Gasteiger partial charge in [-0.1, -0.05) is 54.6 Å². The summed E-state index contributed by atoms with van der Waals surface area (Å²) < 4.78 is 40.1. The molecule has 4 rings (SSSR count). The number of ketones is 1. The summed E-state index contributed by atoms with van der Waals surface area (Å²) in [6.45, 7) is 0. The van der Waals surface area contributed by atoms with E-state index in [4.69, 9.17) is 0 Å². The van der Waals surface area contributed by atoms with Gasteiger partial charge in [0.25, 0.3) is 11.6 Å². The third-order valence-corrected chi connectivity index (χ3v) is 5.55. The van der Waals surface area contributed by atoms with Crippen LogP contribution in [0.3, 0.4) is 0 Å². The highest BCUT2D eigenvalue weighted by atomic mass is 19.4. The smallest absolute Gasteiger partial charge is 0.416 e. The van der Waals surface area contributed by atoms with Crippen molar-refractivity contribution in [3.8, 4) is 0 Å². The Kier molecular flexibility index (Phi) is 6.43. The van der Waals surface area contributed by atoms with Gasteiger partial charge < -0.3 is 5.11 Å². The molecule has 36 heavy (non-hydrogen) atoms. The summed E-state index contributed by atoms with van der Waals surface area (Å²) >= 11 is 0. The number of carbonyl (C=O) groups is 2. The van der Waals surface area contributed by atoms with E-state index in [2.05, 4.69) is 0 Å². The van der Waals surface area contributed by atoms with Crippen LogP contribution in [0, 0.1) is 10.1 Å². The maximum atomic E-state index is 13.4. The first-order valence-electron chi connectivity index (χ1n) is 10.5. The monoisotopic (exact) mass is 494 g/mol. The van der Waals surface area contributed by atoms with Crippen molar-refractivity contribution in [1.29, 1.82) is 0 Å². The number of nitrogens with zero attached hydrogens (tertiary/aromatic N) is 2. The zero-order valence-electron chi connectivity index (χ0n) is 18.3. The molecule has 0 saturated heterocycles. The number of amides is 1. The molecule has 1 aliphatic rings. The minimum Gasteiger partial charge on any atom is -0.503 e. The van der Waals surface area contributed by atoms with Crippen LogP contribution in [0.4, 0.5) is 24.5 Å². The Hall–Kier alpha value is -4.73. The van der Waals surface area contributed by atoms with Crippen molar-refractivity contribution in [3.63, 3.8) is 0 Å². The van der Waals surface area contributed by atoms with Gasteiger partial charge in [-0.15, -0.1) is 0 Å². The van der Waals surface area contributed by atoms with Crippen LogP contribution in [0.2, 0.25) is 0 Å². The van der Waals surface area contributed by atoms with Crippen LogP contribution >= 0.6 is 0 Å². The standard InChI is InChI=1S/C26H17F3N2O5/c27-26(28,29)18-9-5-10-19(15-18)30-23(17-8-4-11-20(14-17)31(35)36)22(24(33)25(30)34)21(32)13-12-16-6-2-1-3-7-16/h1-15,23,33H/b13-12+/t23-/m1/s1. The van der Waals surface area contributed by atoms with Crippen molar-refractivity contribution in [2.45, 2.75) is 12.2 Å². The zero-order valence-corrected chi connectivity index (χ0v) is 18.3. The van der Waals surface area contributed by atoms with Gasteiger partial charge in [-0.3, -0.25) is 24.6 Å². The summed E-state index contributed by atoms with van der Waals surface area (Å²) in [4.78, 5) is 37.7. The molecule has 7 nitrogen and oxygen atoms in total. The average Bonchev–Trinajstić information content (AvgIpc) is 3.13. The van der Waals surface area contributed by atoms with Crippen LogP contribution < -0.4 is 4.90 Å². The van der Waals surface area contributed by atoms with Crippen molar-refractivity contribution in [1.82, 2.24) is 0 Å². The third kappa shape index (κ3) is 4.74. The van der Waals surface area contributed by atoms with Gasteiger partial charge in [-0.2, -0.15) is 13.2 Å². The first-order valence-corrected chi connectivity index (χ1v) is 10.5. The SMILES string of the molecule is O=C(/C=C/c1ccccc1)C1=C(O)C(=O)N(c2cccc(C(F)(F)F)c2)[C@@H]1c1cccc([N+](=O)[O-])c1. The van der Waals surface area contributed by atoms with E-state index in [1.165, 1.54) is 30.3 Å². The number of halogens is 3. The van der Waals surface area contributed by atoms with Crippen LogP contribution in [0.25, 0.3) is 6.08 Å². The van der Waals surface area contributed by atoms with E-state index in [9.17, 15) is 38.0 Å². The highest BCUT2D eigenvalue weighted by Crippen LogP contribution is 2.43. The average molecular weight is 494 g/mol. The predicted octanol–water partition coefficient (Wildman–Crippen LogP) is 5.80. The van der Waals surface area contributed by atoms with E-state index in [-0.39, 0.29) is 16.9 Å². The largest absolute Gasteiger partial charge is 0.503 e. The molecular formula is C26H17F3N2O5. The number of non-ortho nitro benzene ring substituents is 1. The Morgan fingerprint density at radius 1 is 1.00 bits per heavy atom. The first-order chi connectivity index (χ1) is 17.1.